The van der Waals surface area contributed by atoms with E-state index in [1.807, 2.05) is 125 Å². The predicted molar refractivity (Wildman–Crippen MR) is 403 cm³/mol. The molecule has 22 heteroatoms. The quantitative estimate of drug-likeness (QED) is 0.00722. The summed E-state index contributed by atoms with van der Waals surface area (Å²) in [6.07, 6.45) is 2.75. The molecule has 10 aromatic rings. The van der Waals surface area contributed by atoms with Crippen LogP contribution in [0.4, 0.5) is 0 Å². The zero-order chi connectivity index (χ0) is 77.3. The van der Waals surface area contributed by atoms with E-state index in [0.29, 0.717) is 45.6 Å². The lowest BCUT2D eigenvalue weighted by Crippen LogP contribution is -2.61. The Hall–Kier alpha value is -13.7. The van der Waals surface area contributed by atoms with Gasteiger partial charge < -0.3 is 66.6 Å². The smallest absolute Gasteiger partial charge is 0.343 e. The second kappa shape index (κ2) is 34.7. The van der Waals surface area contributed by atoms with Crippen molar-refractivity contribution in [3.8, 4) is 102 Å². The molecule has 22 nitrogen and oxygen atoms in total. The Bertz CT molecular complexity index is 5010. The Labute approximate surface area is 633 Å². The van der Waals surface area contributed by atoms with Crippen molar-refractivity contribution >= 4 is 35.8 Å². The Kier molecular flexibility index (Phi) is 24.0. The number of carbonyl (C=O) groups is 6. The number of hydrogen-bond acceptors (Lipinski definition) is 22. The molecule has 0 saturated heterocycles. The molecule has 0 amide bonds. The highest BCUT2D eigenvalue weighted by Crippen LogP contribution is 2.56. The molecule has 0 N–H and O–H groups in total. The number of ether oxygens (including phenoxy) is 12. The molecule has 0 radical (unpaired) electrons. The molecule has 0 spiro atoms. The largest absolute Gasteiger partial charge is 0.485 e. The maximum absolute atomic E-state index is 14.5. The van der Waals surface area contributed by atoms with Crippen LogP contribution in [0.2, 0.25) is 0 Å². The van der Waals surface area contributed by atoms with Crippen LogP contribution >= 0.6 is 0 Å². The van der Waals surface area contributed by atoms with E-state index in [9.17, 15) is 28.8 Å². The third-order valence-electron chi connectivity index (χ3n) is 18.1. The Balaban J connectivity index is 0.804. The Morgan fingerprint density at radius 3 is 0.873 bits per heavy atom. The fraction of sp³-hybridized carbons (Fsp3) is 0.159. The SMILES string of the molecule is C=CC(=O)OCOc1ccc(-c2ccc(COOc3cc4c(cc3OOCc3ccc(-c5ccc(OCOC(=O)C=C)cc5)cc3)C(C)(C)C3Oc5cc(OC(=O)c6ccc(-c7ccc(OCOC(=O)C=C)cc7)cc6)c(OC(=O)c6ccc(-c7ccc(OCOC(=O)C=C)cc7)cc6)cc5C(C)(C)C3O4)cc2)cc1. The highest BCUT2D eigenvalue weighted by molar-refractivity contribution is 5.94. The molecular formula is C88H74O22. The number of hydrogen-bond donors (Lipinski definition) is 0. The second-order valence-corrected chi connectivity index (χ2v) is 25.9. The van der Waals surface area contributed by atoms with Gasteiger partial charge in [-0.2, -0.15) is 9.78 Å². The van der Waals surface area contributed by atoms with Crippen LogP contribution in [0.15, 0.2) is 269 Å². The summed E-state index contributed by atoms with van der Waals surface area (Å²) in [4.78, 5) is 99.2. The summed E-state index contributed by atoms with van der Waals surface area (Å²) in [6.45, 7) is 20.5. The molecule has 558 valence electrons. The molecule has 2 atom stereocenters. The Morgan fingerprint density at radius 2 is 0.582 bits per heavy atom. The van der Waals surface area contributed by atoms with Crippen LogP contribution in [0, 0.1) is 0 Å². The van der Waals surface area contributed by atoms with E-state index in [-0.39, 0.29) is 74.5 Å². The first-order valence-corrected chi connectivity index (χ1v) is 34.5. The number of esters is 6. The van der Waals surface area contributed by atoms with Crippen molar-refractivity contribution in [3.05, 3.63) is 302 Å². The fourth-order valence-electron chi connectivity index (χ4n) is 12.0. The third-order valence-corrected chi connectivity index (χ3v) is 18.1. The van der Waals surface area contributed by atoms with Gasteiger partial charge in [0.15, 0.2) is 11.5 Å². The molecule has 10 aromatic carbocycles. The van der Waals surface area contributed by atoms with Gasteiger partial charge in [0.05, 0.1) is 11.1 Å². The molecule has 110 heavy (non-hydrogen) atoms. The maximum Gasteiger partial charge on any atom is 0.343 e. The van der Waals surface area contributed by atoms with Gasteiger partial charge in [-0.25, -0.2) is 28.8 Å². The van der Waals surface area contributed by atoms with Crippen LogP contribution in [0.5, 0.6) is 57.5 Å². The summed E-state index contributed by atoms with van der Waals surface area (Å²) in [5, 5.41) is 0. The molecular weight excluding hydrogens is 1410 g/mol. The topological polar surface area (TPSA) is 250 Å². The van der Waals surface area contributed by atoms with Crippen LogP contribution in [0.3, 0.4) is 0 Å². The van der Waals surface area contributed by atoms with Crippen molar-refractivity contribution in [3.63, 3.8) is 0 Å². The first-order chi connectivity index (χ1) is 53.2. The monoisotopic (exact) mass is 1480 g/mol. The highest BCUT2D eigenvalue weighted by atomic mass is 17.2. The molecule has 0 bridgehead atoms. The van der Waals surface area contributed by atoms with Gasteiger partial charge in [0, 0.05) is 58.4 Å². The predicted octanol–water partition coefficient (Wildman–Crippen LogP) is 16.9. The van der Waals surface area contributed by atoms with Gasteiger partial charge in [0.2, 0.25) is 38.7 Å². The van der Waals surface area contributed by atoms with Crippen molar-refractivity contribution in [2.45, 2.75) is 63.9 Å². The van der Waals surface area contributed by atoms with Crippen molar-refractivity contribution in [1.29, 1.82) is 0 Å². The summed E-state index contributed by atoms with van der Waals surface area (Å²) in [7, 11) is 0. The van der Waals surface area contributed by atoms with Crippen molar-refractivity contribution in [2.24, 2.45) is 0 Å². The van der Waals surface area contributed by atoms with Gasteiger partial charge in [-0.15, -0.1) is 0 Å². The molecule has 2 aliphatic rings. The van der Waals surface area contributed by atoms with E-state index in [1.54, 1.807) is 121 Å². The highest BCUT2D eigenvalue weighted by Gasteiger charge is 2.56. The molecule has 0 aliphatic carbocycles. The molecule has 0 fully saturated rings. The molecule has 2 heterocycles. The minimum atomic E-state index is -0.940. The van der Waals surface area contributed by atoms with Gasteiger partial charge >= 0.3 is 35.8 Å². The minimum Gasteiger partial charge on any atom is -0.485 e. The zero-order valence-electron chi connectivity index (χ0n) is 60.3. The average molecular weight is 1480 g/mol. The zero-order valence-corrected chi connectivity index (χ0v) is 60.3. The standard InChI is InChI=1S/C88H74O22/c1-9-79(89)99-51-95-67-37-29-61(30-38-67)57-17-13-55(14-18-57)49-103-109-77-46-72-74(48-78(77)110-104-50-56-15-19-58(20-16-56)62-31-39-68(40-32-62)96-52-100-80(90)10-2)106-83-84(88(72,7)8)105-73-47-76(108-86(94)66-27-23-60(24-28-66)64-35-43-70(44-36-64)98-54-102-82(92)12-4)75(45-71(73)87(83,5)6)107-85(93)65-25-21-59(22-26-65)63-33-41-69(42-34-63)97-53-101-81(91)11-3/h9-48,83-84H,1-4,49-54H2,5-8H3. The molecule has 2 unspecified atom stereocenters. The summed E-state index contributed by atoms with van der Waals surface area (Å²) in [5.41, 5.74) is 8.13. The maximum atomic E-state index is 14.5. The van der Waals surface area contributed by atoms with E-state index < -0.39 is 58.9 Å². The lowest BCUT2D eigenvalue weighted by atomic mass is 9.65. The van der Waals surface area contributed by atoms with Crippen LogP contribution in [-0.4, -0.2) is 75.2 Å². The van der Waals surface area contributed by atoms with Crippen molar-refractivity contribution in [2.75, 3.05) is 27.2 Å². The lowest BCUT2D eigenvalue weighted by molar-refractivity contribution is -0.239. The summed E-state index contributed by atoms with van der Waals surface area (Å²) < 4.78 is 68.5. The second-order valence-electron chi connectivity index (χ2n) is 25.9. The molecule has 2 aliphatic heterocycles. The van der Waals surface area contributed by atoms with Crippen LogP contribution in [0.25, 0.3) is 44.5 Å². The lowest BCUT2D eigenvalue weighted by Gasteiger charge is -2.53. The van der Waals surface area contributed by atoms with Gasteiger partial charge in [-0.3, -0.25) is 0 Å². The normalized spacial score (nSPS) is 13.9. The van der Waals surface area contributed by atoms with Gasteiger partial charge in [0.25, 0.3) is 0 Å². The van der Waals surface area contributed by atoms with E-state index in [0.717, 1.165) is 79.9 Å². The number of rotatable bonds is 32. The first-order valence-electron chi connectivity index (χ1n) is 34.5. The molecule has 0 aromatic heterocycles. The summed E-state index contributed by atoms with van der Waals surface area (Å²) >= 11 is 0. The third kappa shape index (κ3) is 18.6. The van der Waals surface area contributed by atoms with E-state index in [4.69, 9.17) is 76.4 Å². The summed E-state index contributed by atoms with van der Waals surface area (Å²) in [5.74, 6) is -1.15. The van der Waals surface area contributed by atoms with Gasteiger partial charge in [-0.05, 0) is 141 Å². The number of benzene rings is 10. The Morgan fingerprint density at radius 1 is 0.336 bits per heavy atom. The average Bonchev–Trinajstić information content (AvgIpc) is 0.708. The van der Waals surface area contributed by atoms with Crippen LogP contribution in [-0.2, 0) is 71.9 Å². The number of fused-ring (bicyclic) bond motifs is 3. The van der Waals surface area contributed by atoms with Crippen molar-refractivity contribution in [1.82, 2.24) is 0 Å². The fourth-order valence-corrected chi connectivity index (χ4v) is 12.0. The van der Waals surface area contributed by atoms with Crippen LogP contribution < -0.4 is 47.7 Å². The van der Waals surface area contributed by atoms with Gasteiger partial charge in [-0.1, -0.05) is 175 Å². The van der Waals surface area contributed by atoms with Crippen molar-refractivity contribution < 1.29 is 105 Å². The van der Waals surface area contributed by atoms with E-state index in [1.165, 1.54) is 0 Å². The van der Waals surface area contributed by atoms with E-state index in [2.05, 4.69) is 26.3 Å². The van der Waals surface area contributed by atoms with Crippen LogP contribution in [0.1, 0.15) is 70.7 Å². The summed E-state index contributed by atoms with van der Waals surface area (Å²) in [6, 6.07) is 64.3. The number of carbonyl (C=O) groups excluding carboxylic acids is 6. The first kappa shape index (κ1) is 76.0. The molecule has 0 saturated carbocycles. The van der Waals surface area contributed by atoms with E-state index >= 15 is 0 Å². The molecule has 12 rings (SSSR count). The minimum absolute atomic E-state index is 0.00909. The van der Waals surface area contributed by atoms with Gasteiger partial charge in [0.1, 0.15) is 59.9 Å².